The molecule has 0 fully saturated rings. The minimum atomic E-state index is -0.131. The highest BCUT2D eigenvalue weighted by atomic mass is 127. The smallest absolute Gasteiger partial charge is 0.248 e. The number of halogens is 1. The number of aromatic nitrogens is 1. The molecule has 1 aliphatic heterocycles. The number of benzene rings is 1. The van der Waals surface area contributed by atoms with Crippen molar-refractivity contribution >= 4 is 33.5 Å². The van der Waals surface area contributed by atoms with Gasteiger partial charge in [-0.2, -0.15) is 0 Å². The number of H-pyrrole nitrogens is 1. The number of hydrogen-bond acceptors (Lipinski definition) is 3. The maximum Gasteiger partial charge on any atom is 0.248 e. The summed E-state index contributed by atoms with van der Waals surface area (Å²) in [5.41, 5.74) is 10.1. The number of nitrogens with zero attached hydrogens (tertiary/aromatic N) is 3. The number of aromatic amines is 1. The Morgan fingerprint density at radius 2 is 2.42 bits per heavy atom. The van der Waals surface area contributed by atoms with Crippen LogP contribution in [0, 0.1) is 3.57 Å². The number of hydrogen-bond donors (Lipinski definition) is 1. The molecule has 0 radical (unpaired) electrons. The molecular weight excluding hydrogens is 359 g/mol. The van der Waals surface area contributed by atoms with Gasteiger partial charge < -0.3 is 9.72 Å². The third kappa shape index (κ3) is 2.15. The topological polar surface area (TPSA) is 90.9 Å². The number of azide groups is 1. The average Bonchev–Trinajstić information content (AvgIpc) is 2.79. The largest absolute Gasteiger partial charge is 0.489 e. The van der Waals surface area contributed by atoms with Gasteiger partial charge in [0.2, 0.25) is 5.56 Å². The van der Waals surface area contributed by atoms with E-state index in [4.69, 9.17) is 10.3 Å². The van der Waals surface area contributed by atoms with E-state index in [0.29, 0.717) is 6.54 Å². The van der Waals surface area contributed by atoms with Crippen LogP contribution < -0.4 is 10.3 Å². The van der Waals surface area contributed by atoms with Crippen LogP contribution in [0.3, 0.4) is 0 Å². The van der Waals surface area contributed by atoms with Crippen molar-refractivity contribution in [1.82, 2.24) is 4.98 Å². The lowest BCUT2D eigenvalue weighted by Gasteiger charge is -2.09. The standard InChI is InChI=1S/C12H9IN4O2/c13-9-4-6-3-7(5-15-17-14)19-12(6)8-1-2-10(18)16-11(8)9/h1-2,4,7H,3,5H2,(H,16,18). The molecular formula is C12H9IN4O2. The summed E-state index contributed by atoms with van der Waals surface area (Å²) in [4.78, 5) is 17.0. The normalized spacial score (nSPS) is 16.8. The summed E-state index contributed by atoms with van der Waals surface area (Å²) < 4.78 is 6.81. The Morgan fingerprint density at radius 1 is 1.58 bits per heavy atom. The third-order valence-electron chi connectivity index (χ3n) is 3.08. The van der Waals surface area contributed by atoms with Gasteiger partial charge in [-0.25, -0.2) is 0 Å². The van der Waals surface area contributed by atoms with Crippen molar-refractivity contribution in [2.45, 2.75) is 12.5 Å². The van der Waals surface area contributed by atoms with Crippen LogP contribution >= 0.6 is 22.6 Å². The first-order valence-corrected chi connectivity index (χ1v) is 6.79. The second-order valence-corrected chi connectivity index (χ2v) is 5.48. The van der Waals surface area contributed by atoms with E-state index >= 15 is 0 Å². The molecule has 1 unspecified atom stereocenters. The molecule has 1 aromatic carbocycles. The summed E-state index contributed by atoms with van der Waals surface area (Å²) in [5.74, 6) is 0.782. The number of pyridine rings is 1. The Morgan fingerprint density at radius 3 is 3.21 bits per heavy atom. The molecule has 0 spiro atoms. The molecule has 2 aromatic rings. The Hall–Kier alpha value is -1.73. The molecule has 0 saturated carbocycles. The predicted molar refractivity (Wildman–Crippen MR) is 79.4 cm³/mol. The lowest BCUT2D eigenvalue weighted by atomic mass is 10.1. The molecule has 7 heteroatoms. The molecule has 1 N–H and O–H groups in total. The van der Waals surface area contributed by atoms with Crippen LogP contribution in [0.1, 0.15) is 5.56 Å². The Bertz CT molecular complexity index is 764. The zero-order valence-corrected chi connectivity index (χ0v) is 11.9. The molecule has 0 aliphatic carbocycles. The van der Waals surface area contributed by atoms with Crippen LogP contribution in [0.15, 0.2) is 28.1 Å². The summed E-state index contributed by atoms with van der Waals surface area (Å²) >= 11 is 2.20. The van der Waals surface area contributed by atoms with E-state index in [1.807, 2.05) is 6.07 Å². The minimum Gasteiger partial charge on any atom is -0.489 e. The molecule has 96 valence electrons. The number of fused-ring (bicyclic) bond motifs is 3. The van der Waals surface area contributed by atoms with Crippen LogP contribution in [0.25, 0.3) is 21.3 Å². The van der Waals surface area contributed by atoms with Crippen LogP contribution in [0.4, 0.5) is 0 Å². The first-order chi connectivity index (χ1) is 9.19. The van der Waals surface area contributed by atoms with Crippen molar-refractivity contribution < 1.29 is 4.74 Å². The quantitative estimate of drug-likeness (QED) is 0.382. The Labute approximate surface area is 121 Å². The van der Waals surface area contributed by atoms with E-state index in [1.54, 1.807) is 6.07 Å². The van der Waals surface area contributed by atoms with Gasteiger partial charge in [-0.15, -0.1) is 0 Å². The molecule has 6 nitrogen and oxygen atoms in total. The number of ether oxygens (including phenoxy) is 1. The summed E-state index contributed by atoms with van der Waals surface area (Å²) in [6.45, 7) is 0.312. The van der Waals surface area contributed by atoms with Gasteiger partial charge in [-0.3, -0.25) is 4.79 Å². The van der Waals surface area contributed by atoms with Crippen LogP contribution in [0.2, 0.25) is 0 Å². The summed E-state index contributed by atoms with van der Waals surface area (Å²) in [7, 11) is 0. The van der Waals surface area contributed by atoms with Gasteiger partial charge in [0.1, 0.15) is 11.9 Å². The van der Waals surface area contributed by atoms with Gasteiger partial charge in [-0.05, 0) is 45.8 Å². The maximum atomic E-state index is 11.4. The van der Waals surface area contributed by atoms with Crippen LogP contribution in [-0.4, -0.2) is 17.6 Å². The zero-order valence-electron chi connectivity index (χ0n) is 9.76. The molecule has 3 rings (SSSR count). The fourth-order valence-corrected chi connectivity index (χ4v) is 3.09. The van der Waals surface area contributed by atoms with Crippen molar-refractivity contribution in [2.75, 3.05) is 6.54 Å². The molecule has 1 aromatic heterocycles. The van der Waals surface area contributed by atoms with E-state index in [0.717, 1.165) is 32.2 Å². The summed E-state index contributed by atoms with van der Waals surface area (Å²) in [5, 5.41) is 4.44. The van der Waals surface area contributed by atoms with E-state index < -0.39 is 0 Å². The van der Waals surface area contributed by atoms with E-state index in [-0.39, 0.29) is 11.7 Å². The predicted octanol–water partition coefficient (Wildman–Crippen LogP) is 2.75. The molecule has 0 amide bonds. The van der Waals surface area contributed by atoms with Crippen molar-refractivity contribution in [2.24, 2.45) is 5.11 Å². The highest BCUT2D eigenvalue weighted by Crippen LogP contribution is 2.37. The SMILES string of the molecule is [N-]=[N+]=NCC1Cc2cc(I)c3[nH]c(=O)ccc3c2O1. The first kappa shape index (κ1) is 12.3. The van der Waals surface area contributed by atoms with Crippen molar-refractivity contribution in [3.63, 3.8) is 0 Å². The maximum absolute atomic E-state index is 11.4. The minimum absolute atomic E-state index is 0.126. The van der Waals surface area contributed by atoms with E-state index in [9.17, 15) is 4.79 Å². The van der Waals surface area contributed by atoms with E-state index in [2.05, 4.69) is 37.6 Å². The Kier molecular flexibility index (Phi) is 3.08. The van der Waals surface area contributed by atoms with Gasteiger partial charge >= 0.3 is 0 Å². The first-order valence-electron chi connectivity index (χ1n) is 5.71. The van der Waals surface area contributed by atoms with Crippen LogP contribution in [0.5, 0.6) is 5.75 Å². The van der Waals surface area contributed by atoms with Gasteiger partial charge in [0, 0.05) is 26.4 Å². The summed E-state index contributed by atoms with van der Waals surface area (Å²) in [6, 6.07) is 5.26. The molecule has 19 heavy (non-hydrogen) atoms. The fraction of sp³-hybridized carbons (Fsp3) is 0.250. The Balaban J connectivity index is 2.12. The molecule has 2 heterocycles. The van der Waals surface area contributed by atoms with Crippen molar-refractivity contribution in [3.8, 4) is 5.75 Å². The van der Waals surface area contributed by atoms with Crippen molar-refractivity contribution in [3.05, 3.63) is 48.1 Å². The zero-order chi connectivity index (χ0) is 13.4. The highest BCUT2D eigenvalue weighted by Gasteiger charge is 2.25. The number of rotatable bonds is 2. The lowest BCUT2D eigenvalue weighted by molar-refractivity contribution is 0.244. The van der Waals surface area contributed by atoms with Gasteiger partial charge in [0.25, 0.3) is 0 Å². The fourth-order valence-electron chi connectivity index (χ4n) is 2.29. The van der Waals surface area contributed by atoms with Crippen molar-refractivity contribution in [1.29, 1.82) is 0 Å². The van der Waals surface area contributed by atoms with Crippen LogP contribution in [-0.2, 0) is 6.42 Å². The monoisotopic (exact) mass is 368 g/mol. The second-order valence-electron chi connectivity index (χ2n) is 4.32. The summed E-state index contributed by atoms with van der Waals surface area (Å²) in [6.07, 6.45) is 0.596. The number of nitrogens with one attached hydrogen (secondary N) is 1. The van der Waals surface area contributed by atoms with E-state index in [1.165, 1.54) is 6.07 Å². The molecule has 1 aliphatic rings. The second kappa shape index (κ2) is 4.75. The third-order valence-corrected chi connectivity index (χ3v) is 3.93. The molecule has 1 atom stereocenters. The lowest BCUT2D eigenvalue weighted by Crippen LogP contribution is -2.16. The van der Waals surface area contributed by atoms with Gasteiger partial charge in [-0.1, -0.05) is 5.11 Å². The molecule has 0 bridgehead atoms. The molecule has 0 saturated heterocycles. The van der Waals surface area contributed by atoms with Gasteiger partial charge in [0.05, 0.1) is 12.1 Å². The average molecular weight is 368 g/mol. The highest BCUT2D eigenvalue weighted by molar-refractivity contribution is 14.1. The van der Waals surface area contributed by atoms with Gasteiger partial charge in [0.15, 0.2) is 0 Å².